The third-order valence-corrected chi connectivity index (χ3v) is 2.87. The Bertz CT molecular complexity index is 599. The first-order valence-electron chi connectivity index (χ1n) is 6.82. The maximum Gasteiger partial charge on any atom is 0.0129 e. The van der Waals surface area contributed by atoms with Crippen LogP contribution < -0.4 is 16.2 Å². The van der Waals surface area contributed by atoms with Crippen molar-refractivity contribution in [3.05, 3.63) is 65.6 Å². The maximum absolute atomic E-state index is 5.85. The molecule has 0 unspecified atom stereocenters. The molecule has 20 heavy (non-hydrogen) atoms. The number of nitrogens with two attached hydrogens (primary N) is 1. The van der Waals surface area contributed by atoms with Crippen molar-refractivity contribution in [1.29, 1.82) is 0 Å². The van der Waals surface area contributed by atoms with Gasteiger partial charge in [-0.3, -0.25) is 0 Å². The minimum Gasteiger partial charge on any atom is -0.402 e. The summed E-state index contributed by atoms with van der Waals surface area (Å²) in [7, 11) is 0. The molecule has 2 N–H and O–H groups in total. The van der Waals surface area contributed by atoms with Crippen LogP contribution in [-0.2, 0) is 0 Å². The molecule has 0 bridgehead atoms. The number of hydrogen-bond acceptors (Lipinski definition) is 1. The summed E-state index contributed by atoms with van der Waals surface area (Å²) in [6.07, 6.45) is 4.83. The van der Waals surface area contributed by atoms with Crippen molar-refractivity contribution in [3.63, 3.8) is 0 Å². The van der Waals surface area contributed by atoms with E-state index in [-0.39, 0.29) is 0 Å². The van der Waals surface area contributed by atoms with Crippen LogP contribution in [0.15, 0.2) is 49.6 Å². The Morgan fingerprint density at radius 1 is 1.20 bits per heavy atom. The molecule has 1 aromatic rings. The molecule has 0 aromatic heterocycles. The first-order chi connectivity index (χ1) is 9.33. The smallest absolute Gasteiger partial charge is 0.0129 e. The van der Waals surface area contributed by atoms with Crippen LogP contribution in [0.25, 0.3) is 17.3 Å². The first kappa shape index (κ1) is 18.0. The molecule has 0 radical (unpaired) electrons. The van der Waals surface area contributed by atoms with Gasteiger partial charge in [0.15, 0.2) is 0 Å². The highest BCUT2D eigenvalue weighted by molar-refractivity contribution is 5.62. The first-order valence-corrected chi connectivity index (χ1v) is 6.82. The molecular formula is C19H27N. The van der Waals surface area contributed by atoms with E-state index in [4.69, 9.17) is 5.73 Å². The Kier molecular flexibility index (Phi) is 8.07. The van der Waals surface area contributed by atoms with Crippen molar-refractivity contribution in [2.24, 2.45) is 5.73 Å². The summed E-state index contributed by atoms with van der Waals surface area (Å²) in [5.41, 5.74) is 10.1. The highest BCUT2D eigenvalue weighted by atomic mass is 14.5. The lowest BCUT2D eigenvalue weighted by Gasteiger charge is -2.01. The SMILES string of the molecule is C=C(C)CC.C=C/C=c1/ccc(C(=C)C)c/c1=C(/C)N. The van der Waals surface area contributed by atoms with E-state index in [0.29, 0.717) is 0 Å². The number of rotatable bonds is 3. The molecule has 108 valence electrons. The van der Waals surface area contributed by atoms with Crippen LogP contribution in [0, 0.1) is 0 Å². The van der Waals surface area contributed by atoms with Crippen LogP contribution in [0.1, 0.15) is 39.7 Å². The molecule has 0 fully saturated rings. The van der Waals surface area contributed by atoms with Gasteiger partial charge in [0.05, 0.1) is 0 Å². The highest BCUT2D eigenvalue weighted by Crippen LogP contribution is 2.06. The van der Waals surface area contributed by atoms with E-state index < -0.39 is 0 Å². The molecule has 0 aliphatic carbocycles. The van der Waals surface area contributed by atoms with E-state index in [1.54, 1.807) is 6.08 Å². The lowest BCUT2D eigenvalue weighted by molar-refractivity contribution is 1.11. The average molecular weight is 269 g/mol. The van der Waals surface area contributed by atoms with E-state index in [9.17, 15) is 0 Å². The van der Waals surface area contributed by atoms with Gasteiger partial charge < -0.3 is 5.73 Å². The van der Waals surface area contributed by atoms with Crippen molar-refractivity contribution in [2.75, 3.05) is 0 Å². The van der Waals surface area contributed by atoms with Crippen molar-refractivity contribution in [3.8, 4) is 0 Å². The maximum atomic E-state index is 5.85. The number of hydrogen-bond donors (Lipinski definition) is 1. The molecule has 0 saturated heterocycles. The topological polar surface area (TPSA) is 26.0 Å². The van der Waals surface area contributed by atoms with Crippen LogP contribution in [0.5, 0.6) is 0 Å². The fourth-order valence-electron chi connectivity index (χ4n) is 1.44. The summed E-state index contributed by atoms with van der Waals surface area (Å²) in [6.45, 7) is 19.3. The fraction of sp³-hybridized carbons (Fsp3) is 0.263. The Hall–Kier alpha value is -2.02. The monoisotopic (exact) mass is 269 g/mol. The van der Waals surface area contributed by atoms with E-state index in [0.717, 1.165) is 33.7 Å². The van der Waals surface area contributed by atoms with Gasteiger partial charge in [0.2, 0.25) is 0 Å². The number of allylic oxidation sites excluding steroid dienone is 3. The van der Waals surface area contributed by atoms with Gasteiger partial charge >= 0.3 is 0 Å². The summed E-state index contributed by atoms with van der Waals surface area (Å²) in [5.74, 6) is 0. The molecule has 0 heterocycles. The van der Waals surface area contributed by atoms with E-state index in [2.05, 4.69) is 32.7 Å². The Labute approximate surface area is 123 Å². The Morgan fingerprint density at radius 3 is 2.10 bits per heavy atom. The predicted octanol–water partition coefficient (Wildman–Crippen LogP) is 3.75. The van der Waals surface area contributed by atoms with E-state index in [1.165, 1.54) is 5.57 Å². The van der Waals surface area contributed by atoms with Gasteiger partial charge in [0.1, 0.15) is 0 Å². The summed E-state index contributed by atoms with van der Waals surface area (Å²) in [4.78, 5) is 0. The molecule has 0 aliphatic heterocycles. The summed E-state index contributed by atoms with van der Waals surface area (Å²) in [6, 6.07) is 6.15. The molecule has 0 atom stereocenters. The largest absolute Gasteiger partial charge is 0.402 e. The zero-order valence-corrected chi connectivity index (χ0v) is 13.3. The summed E-state index contributed by atoms with van der Waals surface area (Å²) < 4.78 is 0. The van der Waals surface area contributed by atoms with Crippen LogP contribution >= 0.6 is 0 Å². The number of benzene rings is 1. The van der Waals surface area contributed by atoms with E-state index in [1.807, 2.05) is 39.0 Å². The molecule has 1 nitrogen and oxygen atoms in total. The Balaban J connectivity index is 0.000000621. The lowest BCUT2D eigenvalue weighted by Crippen LogP contribution is -2.28. The van der Waals surface area contributed by atoms with Crippen molar-refractivity contribution in [1.82, 2.24) is 0 Å². The van der Waals surface area contributed by atoms with Gasteiger partial charge in [0.25, 0.3) is 0 Å². The van der Waals surface area contributed by atoms with Gasteiger partial charge in [-0.1, -0.05) is 55.5 Å². The van der Waals surface area contributed by atoms with Gasteiger partial charge in [-0.05, 0) is 44.0 Å². The van der Waals surface area contributed by atoms with Gasteiger partial charge in [-0.15, -0.1) is 6.58 Å². The van der Waals surface area contributed by atoms with Crippen LogP contribution in [0.3, 0.4) is 0 Å². The van der Waals surface area contributed by atoms with Gasteiger partial charge in [-0.2, -0.15) is 0 Å². The van der Waals surface area contributed by atoms with Crippen molar-refractivity contribution >= 4 is 17.3 Å². The average Bonchev–Trinajstić information content (AvgIpc) is 2.39. The van der Waals surface area contributed by atoms with E-state index >= 15 is 0 Å². The van der Waals surface area contributed by atoms with Crippen LogP contribution in [0.4, 0.5) is 0 Å². The molecule has 1 rings (SSSR count). The van der Waals surface area contributed by atoms with Crippen LogP contribution in [-0.4, -0.2) is 0 Å². The van der Waals surface area contributed by atoms with Gasteiger partial charge in [0, 0.05) is 10.9 Å². The third kappa shape index (κ3) is 6.24. The second-order valence-electron chi connectivity index (χ2n) is 4.98. The Morgan fingerprint density at radius 2 is 1.75 bits per heavy atom. The van der Waals surface area contributed by atoms with Gasteiger partial charge in [-0.25, -0.2) is 0 Å². The predicted molar refractivity (Wildman–Crippen MR) is 93.4 cm³/mol. The lowest BCUT2D eigenvalue weighted by atomic mass is 10.1. The molecular weight excluding hydrogens is 242 g/mol. The molecule has 0 amide bonds. The summed E-state index contributed by atoms with van der Waals surface area (Å²) >= 11 is 0. The molecule has 0 saturated carbocycles. The molecule has 0 spiro atoms. The standard InChI is InChI=1S/C14H17N.C5H10/c1-5-6-12-7-8-13(10(2)3)9-14(12)11(4)15;1-4-5(2)3/h5-9H,1-2,15H2,3-4H3;2,4H2,1,3H3/b12-6-,14-11+;. The van der Waals surface area contributed by atoms with Crippen molar-refractivity contribution < 1.29 is 0 Å². The summed E-state index contributed by atoms with van der Waals surface area (Å²) in [5, 5.41) is 2.14. The second kappa shape index (κ2) is 8.98. The zero-order chi connectivity index (χ0) is 15.7. The zero-order valence-electron chi connectivity index (χ0n) is 13.3. The normalized spacial score (nSPS) is 12.1. The quantitative estimate of drug-likeness (QED) is 0.831. The highest BCUT2D eigenvalue weighted by Gasteiger charge is 1.94. The minimum atomic E-state index is 0.811. The third-order valence-electron chi connectivity index (χ3n) is 2.87. The minimum absolute atomic E-state index is 0.811. The molecule has 1 heteroatoms. The van der Waals surface area contributed by atoms with Crippen LogP contribution in [0.2, 0.25) is 0 Å². The molecule has 0 aliphatic rings. The fourth-order valence-corrected chi connectivity index (χ4v) is 1.44. The molecule has 1 aromatic carbocycles. The van der Waals surface area contributed by atoms with Crippen molar-refractivity contribution in [2.45, 2.75) is 34.1 Å². The second-order valence-corrected chi connectivity index (χ2v) is 4.98.